The maximum absolute atomic E-state index is 8.75. The third-order valence-electron chi connectivity index (χ3n) is 1.85. The van der Waals surface area contributed by atoms with Crippen molar-refractivity contribution >= 4 is 0 Å². The number of aromatic amines is 1. The molecule has 0 aliphatic carbocycles. The van der Waals surface area contributed by atoms with Gasteiger partial charge in [-0.2, -0.15) is 5.10 Å². The van der Waals surface area contributed by atoms with Crippen LogP contribution in [0.2, 0.25) is 0 Å². The topological polar surface area (TPSA) is 60.9 Å². The van der Waals surface area contributed by atoms with Gasteiger partial charge in [0.05, 0.1) is 12.8 Å². The van der Waals surface area contributed by atoms with Crippen molar-refractivity contribution in [2.75, 3.05) is 6.61 Å². The number of aromatic nitrogens is 2. The molecule has 0 aromatic carbocycles. The molecule has 0 radical (unpaired) electrons. The van der Waals surface area contributed by atoms with E-state index in [1.54, 1.807) is 6.20 Å². The van der Waals surface area contributed by atoms with Crippen LogP contribution in [0.25, 0.3) is 0 Å². The molecule has 1 aromatic rings. The summed E-state index contributed by atoms with van der Waals surface area (Å²) < 4.78 is 0. The summed E-state index contributed by atoms with van der Waals surface area (Å²) in [5.74, 6) is 0. The van der Waals surface area contributed by atoms with Crippen molar-refractivity contribution in [3.8, 4) is 0 Å². The Bertz CT molecular complexity index is 234. The van der Waals surface area contributed by atoms with Crippen molar-refractivity contribution in [1.82, 2.24) is 15.5 Å². The quantitative estimate of drug-likeness (QED) is 0.603. The molecule has 0 aliphatic heterocycles. The summed E-state index contributed by atoms with van der Waals surface area (Å²) in [5.41, 5.74) is 2.22. The molecule has 0 saturated heterocycles. The second-order valence-corrected chi connectivity index (χ2v) is 2.98. The summed E-state index contributed by atoms with van der Waals surface area (Å²) in [7, 11) is 0. The monoisotopic (exact) mass is 169 g/mol. The van der Waals surface area contributed by atoms with Crippen LogP contribution in [0.3, 0.4) is 0 Å². The first-order chi connectivity index (χ1) is 5.74. The summed E-state index contributed by atoms with van der Waals surface area (Å²) in [6, 6.07) is 0.138. The van der Waals surface area contributed by atoms with Crippen molar-refractivity contribution in [3.05, 3.63) is 17.5 Å². The first kappa shape index (κ1) is 9.22. The first-order valence-corrected chi connectivity index (χ1v) is 4.07. The van der Waals surface area contributed by atoms with Gasteiger partial charge in [-0.25, -0.2) is 0 Å². The van der Waals surface area contributed by atoms with Gasteiger partial charge in [-0.3, -0.25) is 5.10 Å². The molecule has 0 bridgehead atoms. The average molecular weight is 169 g/mol. The average Bonchev–Trinajstić information content (AvgIpc) is 2.47. The molecule has 4 nitrogen and oxygen atoms in total. The molecule has 1 atom stereocenters. The van der Waals surface area contributed by atoms with Crippen molar-refractivity contribution in [3.63, 3.8) is 0 Å². The molecule has 0 aliphatic rings. The lowest BCUT2D eigenvalue weighted by Crippen LogP contribution is -2.28. The summed E-state index contributed by atoms with van der Waals surface area (Å²) in [6.07, 6.45) is 1.80. The Morgan fingerprint density at radius 3 is 3.00 bits per heavy atom. The second kappa shape index (κ2) is 4.23. The highest BCUT2D eigenvalue weighted by molar-refractivity contribution is 5.13. The number of hydrogen-bond donors (Lipinski definition) is 3. The summed E-state index contributed by atoms with van der Waals surface area (Å²) in [4.78, 5) is 0. The van der Waals surface area contributed by atoms with E-state index in [4.69, 9.17) is 5.11 Å². The normalized spacial score (nSPS) is 13.2. The SMILES string of the molecule is Cc1[nH]ncc1CN[C@@H](C)CO. The Labute approximate surface area is 72.0 Å². The van der Waals surface area contributed by atoms with Crippen LogP contribution < -0.4 is 5.32 Å². The Balaban J connectivity index is 2.38. The summed E-state index contributed by atoms with van der Waals surface area (Å²) in [5, 5.41) is 18.7. The van der Waals surface area contributed by atoms with Gasteiger partial charge in [0.25, 0.3) is 0 Å². The molecular formula is C8H15N3O. The van der Waals surface area contributed by atoms with Gasteiger partial charge in [-0.15, -0.1) is 0 Å². The molecular weight excluding hydrogens is 154 g/mol. The minimum absolute atomic E-state index is 0.138. The van der Waals surface area contributed by atoms with Crippen molar-refractivity contribution in [2.24, 2.45) is 0 Å². The van der Waals surface area contributed by atoms with E-state index in [0.29, 0.717) is 0 Å². The van der Waals surface area contributed by atoms with Crippen molar-refractivity contribution < 1.29 is 5.11 Å². The van der Waals surface area contributed by atoms with Crippen molar-refractivity contribution in [1.29, 1.82) is 0 Å². The number of nitrogens with zero attached hydrogens (tertiary/aromatic N) is 1. The van der Waals surface area contributed by atoms with E-state index < -0.39 is 0 Å². The predicted octanol–water partition coefficient (Wildman–Crippen LogP) is 0.189. The Hall–Kier alpha value is -0.870. The maximum atomic E-state index is 8.75. The zero-order chi connectivity index (χ0) is 8.97. The van der Waals surface area contributed by atoms with Gasteiger partial charge >= 0.3 is 0 Å². The zero-order valence-electron chi connectivity index (χ0n) is 7.46. The lowest BCUT2D eigenvalue weighted by atomic mass is 10.2. The fourth-order valence-corrected chi connectivity index (χ4v) is 0.903. The highest BCUT2D eigenvalue weighted by Gasteiger charge is 2.02. The molecule has 0 spiro atoms. The molecule has 68 valence electrons. The number of aliphatic hydroxyl groups is 1. The number of H-pyrrole nitrogens is 1. The summed E-state index contributed by atoms with van der Waals surface area (Å²) in [6.45, 7) is 4.84. The lowest BCUT2D eigenvalue weighted by molar-refractivity contribution is 0.251. The highest BCUT2D eigenvalue weighted by atomic mass is 16.3. The smallest absolute Gasteiger partial charge is 0.0582 e. The molecule has 12 heavy (non-hydrogen) atoms. The van der Waals surface area contributed by atoms with Gasteiger partial charge in [0, 0.05) is 23.8 Å². The maximum Gasteiger partial charge on any atom is 0.0582 e. The molecule has 1 aromatic heterocycles. The standard InChI is InChI=1S/C8H15N3O/c1-6(5-12)9-3-8-4-10-11-7(8)2/h4,6,9,12H,3,5H2,1-2H3,(H,10,11)/t6-/m0/s1. The second-order valence-electron chi connectivity index (χ2n) is 2.98. The predicted molar refractivity (Wildman–Crippen MR) is 46.7 cm³/mol. The fourth-order valence-electron chi connectivity index (χ4n) is 0.903. The van der Waals surface area contributed by atoms with Crippen LogP contribution in [0.1, 0.15) is 18.2 Å². The summed E-state index contributed by atoms with van der Waals surface area (Å²) >= 11 is 0. The van der Waals surface area contributed by atoms with Crippen LogP contribution in [-0.4, -0.2) is 28.0 Å². The van der Waals surface area contributed by atoms with Crippen LogP contribution in [0, 0.1) is 6.92 Å². The highest BCUT2D eigenvalue weighted by Crippen LogP contribution is 2.01. The van der Waals surface area contributed by atoms with E-state index in [9.17, 15) is 0 Å². The van der Waals surface area contributed by atoms with Gasteiger partial charge in [0.15, 0.2) is 0 Å². The Morgan fingerprint density at radius 2 is 2.50 bits per heavy atom. The molecule has 0 fully saturated rings. The Morgan fingerprint density at radius 1 is 1.75 bits per heavy atom. The van der Waals surface area contributed by atoms with Crippen molar-refractivity contribution in [2.45, 2.75) is 26.4 Å². The molecule has 3 N–H and O–H groups in total. The van der Waals surface area contributed by atoms with E-state index in [1.807, 2.05) is 13.8 Å². The number of rotatable bonds is 4. The first-order valence-electron chi connectivity index (χ1n) is 4.07. The van der Waals surface area contributed by atoms with Gasteiger partial charge in [-0.1, -0.05) is 0 Å². The Kier molecular flexibility index (Phi) is 3.25. The number of aliphatic hydroxyl groups excluding tert-OH is 1. The van der Waals surface area contributed by atoms with E-state index >= 15 is 0 Å². The van der Waals surface area contributed by atoms with E-state index in [0.717, 1.165) is 17.8 Å². The van der Waals surface area contributed by atoms with Crippen LogP contribution >= 0.6 is 0 Å². The zero-order valence-corrected chi connectivity index (χ0v) is 7.46. The van der Waals surface area contributed by atoms with Gasteiger partial charge < -0.3 is 10.4 Å². The fraction of sp³-hybridized carbons (Fsp3) is 0.625. The van der Waals surface area contributed by atoms with Crippen LogP contribution in [0.4, 0.5) is 0 Å². The van der Waals surface area contributed by atoms with E-state index in [1.165, 1.54) is 0 Å². The molecule has 1 heterocycles. The molecule has 0 amide bonds. The van der Waals surface area contributed by atoms with Gasteiger partial charge in [0.2, 0.25) is 0 Å². The number of hydrogen-bond acceptors (Lipinski definition) is 3. The third kappa shape index (κ3) is 2.32. The lowest BCUT2D eigenvalue weighted by Gasteiger charge is -2.09. The molecule has 0 saturated carbocycles. The van der Waals surface area contributed by atoms with E-state index in [2.05, 4.69) is 15.5 Å². The molecule has 0 unspecified atom stereocenters. The van der Waals surface area contributed by atoms with Gasteiger partial charge in [0.1, 0.15) is 0 Å². The largest absolute Gasteiger partial charge is 0.395 e. The van der Waals surface area contributed by atoms with E-state index in [-0.39, 0.29) is 12.6 Å². The minimum Gasteiger partial charge on any atom is -0.395 e. The number of aryl methyl sites for hydroxylation is 1. The molecule has 1 rings (SSSR count). The minimum atomic E-state index is 0.138. The van der Waals surface area contributed by atoms with Crippen LogP contribution in [0.5, 0.6) is 0 Å². The van der Waals surface area contributed by atoms with Crippen LogP contribution in [0.15, 0.2) is 6.20 Å². The third-order valence-corrected chi connectivity index (χ3v) is 1.85. The molecule has 4 heteroatoms. The van der Waals surface area contributed by atoms with Gasteiger partial charge in [-0.05, 0) is 13.8 Å². The van der Waals surface area contributed by atoms with Crippen LogP contribution in [-0.2, 0) is 6.54 Å². The number of nitrogens with one attached hydrogen (secondary N) is 2.